The molecule has 1 aromatic heterocycles. The zero-order chi connectivity index (χ0) is 19.9. The van der Waals surface area contributed by atoms with E-state index in [1.165, 1.54) is 0 Å². The van der Waals surface area contributed by atoms with E-state index in [1.54, 1.807) is 29.9 Å². The number of nitrogens with zero attached hydrogens (tertiary/aromatic N) is 3. The summed E-state index contributed by atoms with van der Waals surface area (Å²) >= 11 is 5.28. The van der Waals surface area contributed by atoms with E-state index in [9.17, 15) is 4.79 Å². The lowest BCUT2D eigenvalue weighted by atomic mass is 10.1. The Morgan fingerprint density at radius 1 is 1.21 bits per heavy atom. The van der Waals surface area contributed by atoms with Gasteiger partial charge in [0, 0.05) is 5.56 Å². The Hall–Kier alpha value is -3.26. The Bertz CT molecular complexity index is 1020. The van der Waals surface area contributed by atoms with Crippen LogP contribution >= 0.6 is 12.2 Å². The van der Waals surface area contributed by atoms with Crippen molar-refractivity contribution in [2.45, 2.75) is 13.8 Å². The standard InChI is InChI=1S/C20H20N4O3S/c1-3-26-18(25)13-27-17-10-6-15(7-11-17)12-21-24-19(22-23-20(24)28)16-8-4-14(2)5-9-16/h4-12H,3,13H2,1-2H3,(H,23,28). The lowest BCUT2D eigenvalue weighted by Gasteiger charge is -2.05. The molecule has 0 radical (unpaired) electrons. The fourth-order valence-corrected chi connectivity index (χ4v) is 2.59. The summed E-state index contributed by atoms with van der Waals surface area (Å²) in [6.45, 7) is 3.99. The van der Waals surface area contributed by atoms with Gasteiger partial charge >= 0.3 is 5.97 Å². The van der Waals surface area contributed by atoms with E-state index >= 15 is 0 Å². The number of aromatic nitrogens is 3. The number of hydrogen-bond donors (Lipinski definition) is 1. The molecule has 0 saturated heterocycles. The molecule has 7 nitrogen and oxygen atoms in total. The quantitative estimate of drug-likeness (QED) is 0.374. The first-order chi connectivity index (χ1) is 13.6. The summed E-state index contributed by atoms with van der Waals surface area (Å²) in [5.41, 5.74) is 2.93. The van der Waals surface area contributed by atoms with Gasteiger partial charge < -0.3 is 9.47 Å². The Morgan fingerprint density at radius 2 is 1.93 bits per heavy atom. The second-order valence-corrected chi connectivity index (χ2v) is 6.32. The second kappa shape index (κ2) is 9.09. The first-order valence-electron chi connectivity index (χ1n) is 8.74. The lowest BCUT2D eigenvalue weighted by molar-refractivity contribution is -0.145. The van der Waals surface area contributed by atoms with Crippen LogP contribution < -0.4 is 4.74 Å². The smallest absolute Gasteiger partial charge is 0.344 e. The molecule has 0 aliphatic heterocycles. The van der Waals surface area contributed by atoms with E-state index < -0.39 is 5.97 Å². The molecule has 1 heterocycles. The van der Waals surface area contributed by atoms with Crippen molar-refractivity contribution in [3.05, 3.63) is 64.4 Å². The first-order valence-corrected chi connectivity index (χ1v) is 9.15. The van der Waals surface area contributed by atoms with Crippen LogP contribution in [0.2, 0.25) is 0 Å². The fourth-order valence-electron chi connectivity index (χ4n) is 2.41. The largest absolute Gasteiger partial charge is 0.482 e. The normalized spacial score (nSPS) is 10.9. The highest BCUT2D eigenvalue weighted by Crippen LogP contribution is 2.18. The molecule has 0 saturated carbocycles. The van der Waals surface area contributed by atoms with Gasteiger partial charge in [-0.3, -0.25) is 0 Å². The third kappa shape index (κ3) is 4.92. The molecular weight excluding hydrogens is 376 g/mol. The molecule has 28 heavy (non-hydrogen) atoms. The van der Waals surface area contributed by atoms with Crippen molar-refractivity contribution in [1.29, 1.82) is 0 Å². The van der Waals surface area contributed by atoms with Gasteiger partial charge in [-0.1, -0.05) is 29.8 Å². The van der Waals surface area contributed by atoms with Crippen LogP contribution in [0.25, 0.3) is 11.4 Å². The Balaban J connectivity index is 1.72. The Labute approximate surface area is 167 Å². The van der Waals surface area contributed by atoms with E-state index in [4.69, 9.17) is 21.7 Å². The molecule has 2 aromatic carbocycles. The molecule has 0 atom stereocenters. The SMILES string of the molecule is CCOC(=O)COc1ccc(C=Nn2c(-c3ccc(C)cc3)n[nH]c2=S)cc1. The Kier molecular flexibility index (Phi) is 6.33. The number of rotatable bonds is 7. The van der Waals surface area contributed by atoms with Crippen molar-refractivity contribution >= 4 is 24.4 Å². The highest BCUT2D eigenvalue weighted by atomic mass is 32.1. The average Bonchev–Trinajstić information content (AvgIpc) is 3.07. The van der Waals surface area contributed by atoms with Crippen LogP contribution in [-0.2, 0) is 9.53 Å². The van der Waals surface area contributed by atoms with Gasteiger partial charge in [0.05, 0.1) is 12.8 Å². The minimum atomic E-state index is -0.397. The number of ether oxygens (including phenoxy) is 2. The minimum absolute atomic E-state index is 0.120. The maximum atomic E-state index is 11.3. The maximum absolute atomic E-state index is 11.3. The van der Waals surface area contributed by atoms with Gasteiger partial charge in [-0.05, 0) is 55.9 Å². The van der Waals surface area contributed by atoms with Gasteiger partial charge in [0.2, 0.25) is 4.77 Å². The minimum Gasteiger partial charge on any atom is -0.482 e. The van der Waals surface area contributed by atoms with E-state index in [0.717, 1.165) is 16.7 Å². The zero-order valence-electron chi connectivity index (χ0n) is 15.6. The fraction of sp³-hybridized carbons (Fsp3) is 0.200. The van der Waals surface area contributed by atoms with E-state index in [0.29, 0.717) is 23.0 Å². The third-order valence-electron chi connectivity index (χ3n) is 3.82. The van der Waals surface area contributed by atoms with Gasteiger partial charge in [-0.2, -0.15) is 14.9 Å². The predicted octanol–water partition coefficient (Wildman–Crippen LogP) is 3.74. The highest BCUT2D eigenvalue weighted by molar-refractivity contribution is 7.71. The molecule has 1 N–H and O–H groups in total. The molecule has 0 aliphatic rings. The molecule has 3 rings (SSSR count). The summed E-state index contributed by atoms with van der Waals surface area (Å²) in [7, 11) is 0. The lowest BCUT2D eigenvalue weighted by Crippen LogP contribution is -2.14. The summed E-state index contributed by atoms with van der Waals surface area (Å²) in [6, 6.07) is 15.2. The van der Waals surface area contributed by atoms with Gasteiger partial charge in [-0.15, -0.1) is 0 Å². The maximum Gasteiger partial charge on any atom is 0.344 e. The highest BCUT2D eigenvalue weighted by Gasteiger charge is 2.08. The predicted molar refractivity (Wildman–Crippen MR) is 109 cm³/mol. The van der Waals surface area contributed by atoms with Crippen LogP contribution in [0.4, 0.5) is 0 Å². The van der Waals surface area contributed by atoms with Crippen molar-refractivity contribution in [3.63, 3.8) is 0 Å². The van der Waals surface area contributed by atoms with Crippen LogP contribution in [0, 0.1) is 11.7 Å². The number of esters is 1. The summed E-state index contributed by atoms with van der Waals surface area (Å²) in [6.07, 6.45) is 1.68. The van der Waals surface area contributed by atoms with E-state index in [1.807, 2.05) is 43.3 Å². The van der Waals surface area contributed by atoms with Crippen molar-refractivity contribution in [3.8, 4) is 17.1 Å². The number of nitrogens with one attached hydrogen (secondary N) is 1. The average molecular weight is 396 g/mol. The van der Waals surface area contributed by atoms with E-state index in [-0.39, 0.29) is 6.61 Å². The van der Waals surface area contributed by atoms with Crippen LogP contribution in [0.3, 0.4) is 0 Å². The van der Waals surface area contributed by atoms with E-state index in [2.05, 4.69) is 15.3 Å². The summed E-state index contributed by atoms with van der Waals surface area (Å²) in [5.74, 6) is 0.812. The van der Waals surface area contributed by atoms with Crippen molar-refractivity contribution in [2.75, 3.05) is 13.2 Å². The number of carbonyl (C=O) groups excluding carboxylic acids is 1. The molecular formula is C20H20N4O3S. The number of aryl methyl sites for hydroxylation is 1. The molecule has 3 aromatic rings. The number of carbonyl (C=O) groups is 1. The van der Waals surface area contributed by atoms with Gasteiger partial charge in [0.25, 0.3) is 0 Å². The zero-order valence-corrected chi connectivity index (χ0v) is 16.4. The van der Waals surface area contributed by atoms with Gasteiger partial charge in [0.15, 0.2) is 12.4 Å². The topological polar surface area (TPSA) is 81.5 Å². The second-order valence-electron chi connectivity index (χ2n) is 5.94. The van der Waals surface area contributed by atoms with Gasteiger partial charge in [-0.25, -0.2) is 9.89 Å². The van der Waals surface area contributed by atoms with Crippen LogP contribution in [0.5, 0.6) is 5.75 Å². The third-order valence-corrected chi connectivity index (χ3v) is 4.09. The summed E-state index contributed by atoms with van der Waals surface area (Å²) in [4.78, 5) is 11.3. The van der Waals surface area contributed by atoms with Crippen molar-refractivity contribution in [1.82, 2.24) is 14.9 Å². The van der Waals surface area contributed by atoms with Crippen molar-refractivity contribution in [2.24, 2.45) is 5.10 Å². The summed E-state index contributed by atoms with van der Waals surface area (Å²) in [5, 5.41) is 11.5. The molecule has 0 spiro atoms. The number of H-pyrrole nitrogens is 1. The number of benzene rings is 2. The first kappa shape index (κ1) is 19.5. The summed E-state index contributed by atoms with van der Waals surface area (Å²) < 4.78 is 12.2. The molecule has 0 fully saturated rings. The number of aromatic amines is 1. The number of hydrogen-bond acceptors (Lipinski definition) is 6. The molecule has 0 aliphatic carbocycles. The Morgan fingerprint density at radius 3 is 2.61 bits per heavy atom. The van der Waals surface area contributed by atoms with Crippen LogP contribution in [-0.4, -0.2) is 40.3 Å². The molecule has 0 bridgehead atoms. The molecule has 0 amide bonds. The van der Waals surface area contributed by atoms with Crippen molar-refractivity contribution < 1.29 is 14.3 Å². The molecule has 144 valence electrons. The molecule has 8 heteroatoms. The van der Waals surface area contributed by atoms with Crippen LogP contribution in [0.15, 0.2) is 53.6 Å². The molecule has 0 unspecified atom stereocenters. The monoisotopic (exact) mass is 396 g/mol. The van der Waals surface area contributed by atoms with Gasteiger partial charge in [0.1, 0.15) is 5.75 Å². The van der Waals surface area contributed by atoms with Crippen LogP contribution in [0.1, 0.15) is 18.1 Å².